The van der Waals surface area contributed by atoms with Crippen molar-refractivity contribution >= 4 is 0 Å². The zero-order valence-corrected chi connectivity index (χ0v) is 14.7. The van der Waals surface area contributed by atoms with Crippen molar-refractivity contribution in [3.05, 3.63) is 17.2 Å². The maximum Gasteiger partial charge on any atom is 0.203 e. The van der Waals surface area contributed by atoms with Crippen molar-refractivity contribution < 1.29 is 19.3 Å². The van der Waals surface area contributed by atoms with Gasteiger partial charge in [-0.15, -0.1) is 0 Å². The zero-order chi connectivity index (χ0) is 17.2. The SMILES string of the molecule is COc1cc2c(c(OC)c1OC)CN(CC(C)(C)CO)C2CN. The zero-order valence-electron chi connectivity index (χ0n) is 14.7. The van der Waals surface area contributed by atoms with Gasteiger partial charge >= 0.3 is 0 Å². The minimum absolute atomic E-state index is 0.0736. The lowest BCUT2D eigenvalue weighted by Gasteiger charge is -2.32. The van der Waals surface area contributed by atoms with E-state index < -0.39 is 0 Å². The van der Waals surface area contributed by atoms with Gasteiger partial charge in [-0.1, -0.05) is 13.8 Å². The lowest BCUT2D eigenvalue weighted by molar-refractivity contribution is 0.0843. The molecule has 1 aromatic rings. The van der Waals surface area contributed by atoms with Gasteiger partial charge in [0.2, 0.25) is 5.75 Å². The van der Waals surface area contributed by atoms with Gasteiger partial charge in [-0.3, -0.25) is 4.90 Å². The quantitative estimate of drug-likeness (QED) is 0.792. The van der Waals surface area contributed by atoms with E-state index in [9.17, 15) is 5.11 Å². The third-order valence-corrected chi connectivity index (χ3v) is 4.41. The first-order valence-corrected chi connectivity index (χ1v) is 7.79. The Hall–Kier alpha value is -1.50. The number of rotatable bonds is 7. The van der Waals surface area contributed by atoms with Gasteiger partial charge in [0, 0.05) is 43.3 Å². The maximum absolute atomic E-state index is 9.57. The van der Waals surface area contributed by atoms with E-state index in [-0.39, 0.29) is 18.1 Å². The monoisotopic (exact) mass is 324 g/mol. The molecule has 130 valence electrons. The Morgan fingerprint density at radius 2 is 1.87 bits per heavy atom. The molecule has 2 rings (SSSR count). The first-order chi connectivity index (χ1) is 10.9. The normalized spacial score (nSPS) is 18.0. The third-order valence-electron chi connectivity index (χ3n) is 4.41. The Morgan fingerprint density at radius 1 is 1.22 bits per heavy atom. The number of nitrogens with two attached hydrogens (primary N) is 1. The molecule has 23 heavy (non-hydrogen) atoms. The van der Waals surface area contributed by atoms with Crippen LogP contribution >= 0.6 is 0 Å². The Labute approximate surface area is 138 Å². The summed E-state index contributed by atoms with van der Waals surface area (Å²) in [5.41, 5.74) is 8.02. The van der Waals surface area contributed by atoms with Crippen LogP contribution in [0.2, 0.25) is 0 Å². The van der Waals surface area contributed by atoms with E-state index in [4.69, 9.17) is 19.9 Å². The standard InChI is InChI=1S/C17H28N2O4/c1-17(2,10-20)9-19-8-12-11(13(19)7-18)6-14(21-3)16(23-5)15(12)22-4/h6,13,20H,7-10,18H2,1-5H3. The fraction of sp³-hybridized carbons (Fsp3) is 0.647. The van der Waals surface area contributed by atoms with Gasteiger partial charge < -0.3 is 25.1 Å². The number of methoxy groups -OCH3 is 3. The summed E-state index contributed by atoms with van der Waals surface area (Å²) in [5, 5.41) is 9.57. The van der Waals surface area contributed by atoms with E-state index in [1.165, 1.54) is 0 Å². The number of aliphatic hydroxyl groups is 1. The van der Waals surface area contributed by atoms with Crippen LogP contribution in [0, 0.1) is 5.41 Å². The lowest BCUT2D eigenvalue weighted by Crippen LogP contribution is -2.37. The molecule has 0 bridgehead atoms. The Kier molecular flexibility index (Phi) is 5.39. The van der Waals surface area contributed by atoms with E-state index in [0.29, 0.717) is 30.3 Å². The summed E-state index contributed by atoms with van der Waals surface area (Å²) >= 11 is 0. The number of nitrogens with zero attached hydrogens (tertiary/aromatic N) is 1. The van der Waals surface area contributed by atoms with E-state index in [2.05, 4.69) is 4.90 Å². The lowest BCUT2D eigenvalue weighted by atomic mass is 9.93. The first-order valence-electron chi connectivity index (χ1n) is 7.79. The van der Waals surface area contributed by atoms with Gasteiger partial charge in [-0.2, -0.15) is 0 Å². The molecule has 0 aliphatic carbocycles. The van der Waals surface area contributed by atoms with Crippen molar-refractivity contribution in [2.45, 2.75) is 26.4 Å². The van der Waals surface area contributed by atoms with Gasteiger partial charge in [-0.05, 0) is 11.6 Å². The number of benzene rings is 1. The second kappa shape index (κ2) is 6.95. The fourth-order valence-corrected chi connectivity index (χ4v) is 3.25. The van der Waals surface area contributed by atoms with E-state index in [1.54, 1.807) is 21.3 Å². The molecule has 0 spiro atoms. The molecule has 0 saturated heterocycles. The van der Waals surface area contributed by atoms with Crippen LogP contribution in [0.15, 0.2) is 6.07 Å². The average molecular weight is 324 g/mol. The van der Waals surface area contributed by atoms with Crippen LogP contribution in [0.3, 0.4) is 0 Å². The van der Waals surface area contributed by atoms with Crippen LogP contribution < -0.4 is 19.9 Å². The summed E-state index contributed by atoms with van der Waals surface area (Å²) in [6.07, 6.45) is 0. The van der Waals surface area contributed by atoms with Crippen molar-refractivity contribution in [1.29, 1.82) is 0 Å². The molecule has 0 fully saturated rings. The molecule has 1 unspecified atom stereocenters. The number of hydrogen-bond donors (Lipinski definition) is 2. The van der Waals surface area contributed by atoms with Crippen molar-refractivity contribution in [3.63, 3.8) is 0 Å². The summed E-state index contributed by atoms with van der Waals surface area (Å²) in [6.45, 7) is 6.16. The highest BCUT2D eigenvalue weighted by atomic mass is 16.5. The largest absolute Gasteiger partial charge is 0.493 e. The molecule has 1 heterocycles. The number of fused-ring (bicyclic) bond motifs is 1. The first kappa shape index (κ1) is 17.8. The Bertz CT molecular complexity index is 560. The highest BCUT2D eigenvalue weighted by molar-refractivity contribution is 5.61. The highest BCUT2D eigenvalue weighted by Crippen LogP contribution is 2.48. The van der Waals surface area contributed by atoms with Crippen LogP contribution in [-0.4, -0.2) is 51.0 Å². The maximum atomic E-state index is 9.57. The molecule has 1 atom stereocenters. The molecular weight excluding hydrogens is 296 g/mol. The van der Waals surface area contributed by atoms with Gasteiger partial charge in [-0.25, -0.2) is 0 Å². The van der Waals surface area contributed by atoms with E-state index >= 15 is 0 Å². The molecule has 3 N–H and O–H groups in total. The summed E-state index contributed by atoms with van der Waals surface area (Å²) in [4.78, 5) is 2.28. The molecular formula is C17H28N2O4. The highest BCUT2D eigenvalue weighted by Gasteiger charge is 2.37. The second-order valence-corrected chi connectivity index (χ2v) is 6.69. The number of aliphatic hydroxyl groups excluding tert-OH is 1. The molecule has 0 aromatic heterocycles. The third kappa shape index (κ3) is 3.24. The van der Waals surface area contributed by atoms with Crippen LogP contribution in [0.1, 0.15) is 31.0 Å². The van der Waals surface area contributed by atoms with Crippen LogP contribution in [0.25, 0.3) is 0 Å². The van der Waals surface area contributed by atoms with Crippen LogP contribution in [0.4, 0.5) is 0 Å². The summed E-state index contributed by atoms with van der Waals surface area (Å²) < 4.78 is 16.5. The van der Waals surface area contributed by atoms with Gasteiger partial charge in [0.25, 0.3) is 0 Å². The van der Waals surface area contributed by atoms with Gasteiger partial charge in [0.05, 0.1) is 21.3 Å². The van der Waals surface area contributed by atoms with Crippen molar-refractivity contribution in [2.24, 2.45) is 11.1 Å². The molecule has 0 saturated carbocycles. The summed E-state index contributed by atoms with van der Waals surface area (Å²) in [7, 11) is 4.85. The molecule has 1 aliphatic rings. The fourth-order valence-electron chi connectivity index (χ4n) is 3.25. The van der Waals surface area contributed by atoms with Crippen molar-refractivity contribution in [1.82, 2.24) is 4.90 Å². The van der Waals surface area contributed by atoms with Crippen LogP contribution in [-0.2, 0) is 6.54 Å². The predicted molar refractivity (Wildman–Crippen MR) is 89.2 cm³/mol. The minimum atomic E-state index is -0.198. The van der Waals surface area contributed by atoms with Crippen molar-refractivity contribution in [2.75, 3.05) is 41.0 Å². The molecule has 0 amide bonds. The molecule has 1 aromatic carbocycles. The Balaban J connectivity index is 2.47. The van der Waals surface area contributed by atoms with E-state index in [0.717, 1.165) is 17.7 Å². The van der Waals surface area contributed by atoms with Gasteiger partial charge in [0.15, 0.2) is 11.5 Å². The molecule has 6 heteroatoms. The summed E-state index contributed by atoms with van der Waals surface area (Å²) in [6, 6.07) is 2.06. The predicted octanol–water partition coefficient (Wildman–Crippen LogP) is 1.55. The second-order valence-electron chi connectivity index (χ2n) is 6.69. The Morgan fingerprint density at radius 3 is 2.35 bits per heavy atom. The minimum Gasteiger partial charge on any atom is -0.493 e. The number of ether oxygens (including phenoxy) is 3. The molecule has 1 aliphatic heterocycles. The van der Waals surface area contributed by atoms with Crippen LogP contribution in [0.5, 0.6) is 17.2 Å². The number of hydrogen-bond acceptors (Lipinski definition) is 6. The van der Waals surface area contributed by atoms with E-state index in [1.807, 2.05) is 19.9 Å². The molecule has 6 nitrogen and oxygen atoms in total. The van der Waals surface area contributed by atoms with Crippen molar-refractivity contribution in [3.8, 4) is 17.2 Å². The smallest absolute Gasteiger partial charge is 0.203 e. The molecule has 0 radical (unpaired) electrons. The van der Waals surface area contributed by atoms with Gasteiger partial charge in [0.1, 0.15) is 0 Å². The topological polar surface area (TPSA) is 77.2 Å². The summed E-state index contributed by atoms with van der Waals surface area (Å²) in [5.74, 6) is 1.95. The average Bonchev–Trinajstić information content (AvgIpc) is 2.88.